The number of nitrogens with two attached hydrogens (primary N) is 1. The highest BCUT2D eigenvalue weighted by atomic mass is 79.9. The van der Waals surface area contributed by atoms with E-state index in [1.807, 2.05) is 42.5 Å². The number of hydrogen-bond acceptors (Lipinski definition) is 3. The first-order chi connectivity index (χ1) is 9.78. The van der Waals surface area contributed by atoms with Crippen LogP contribution < -0.4 is 15.2 Å². The van der Waals surface area contributed by atoms with E-state index in [4.69, 9.17) is 15.2 Å². The number of benzene rings is 2. The highest BCUT2D eigenvalue weighted by Crippen LogP contribution is 2.16. The molecule has 0 atom stereocenters. The second-order valence-electron chi connectivity index (χ2n) is 4.34. The fraction of sp³-hybridized carbons (Fsp3) is 0.250. The molecule has 0 aliphatic carbocycles. The second-order valence-corrected chi connectivity index (χ2v) is 5.25. The van der Waals surface area contributed by atoms with Gasteiger partial charge >= 0.3 is 0 Å². The average Bonchev–Trinajstić information content (AvgIpc) is 2.46. The normalized spacial score (nSPS) is 10.3. The first kappa shape index (κ1) is 14.9. The molecule has 2 rings (SSSR count). The van der Waals surface area contributed by atoms with Crippen LogP contribution >= 0.6 is 15.9 Å². The van der Waals surface area contributed by atoms with Gasteiger partial charge in [0.25, 0.3) is 0 Å². The van der Waals surface area contributed by atoms with E-state index in [1.165, 1.54) is 5.56 Å². The third kappa shape index (κ3) is 4.87. The van der Waals surface area contributed by atoms with E-state index >= 15 is 0 Å². The predicted molar refractivity (Wildman–Crippen MR) is 84.3 cm³/mol. The molecule has 0 bridgehead atoms. The second kappa shape index (κ2) is 7.92. The molecule has 2 N–H and O–H groups in total. The lowest BCUT2D eigenvalue weighted by molar-refractivity contribution is 0.217. The Labute approximate surface area is 127 Å². The maximum Gasteiger partial charge on any atom is 0.122 e. The Kier molecular flexibility index (Phi) is 5.89. The van der Waals surface area contributed by atoms with Gasteiger partial charge in [-0.25, -0.2) is 0 Å². The van der Waals surface area contributed by atoms with Crippen LogP contribution in [0.5, 0.6) is 11.5 Å². The summed E-state index contributed by atoms with van der Waals surface area (Å²) >= 11 is 3.39. The summed E-state index contributed by atoms with van der Waals surface area (Å²) in [5.41, 5.74) is 6.74. The van der Waals surface area contributed by atoms with Crippen LogP contribution in [-0.4, -0.2) is 19.8 Å². The van der Waals surface area contributed by atoms with E-state index in [0.29, 0.717) is 19.8 Å². The Morgan fingerprint density at radius 1 is 0.900 bits per heavy atom. The Hall–Kier alpha value is -1.52. The van der Waals surface area contributed by atoms with Crippen molar-refractivity contribution in [1.29, 1.82) is 0 Å². The van der Waals surface area contributed by atoms with Crippen molar-refractivity contribution in [2.75, 3.05) is 19.8 Å². The fourth-order valence-electron chi connectivity index (χ4n) is 1.81. The minimum atomic E-state index is 0.516. The van der Waals surface area contributed by atoms with E-state index in [2.05, 4.69) is 22.0 Å². The Balaban J connectivity index is 1.75. The van der Waals surface area contributed by atoms with Crippen molar-refractivity contribution in [2.24, 2.45) is 5.73 Å². The summed E-state index contributed by atoms with van der Waals surface area (Å²) in [6.45, 7) is 1.68. The molecular weight excluding hydrogens is 318 g/mol. The molecule has 3 nitrogen and oxygen atoms in total. The van der Waals surface area contributed by atoms with Gasteiger partial charge in [0.1, 0.15) is 24.7 Å². The highest BCUT2D eigenvalue weighted by Gasteiger charge is 1.98. The molecule has 0 saturated carbocycles. The molecule has 4 heteroatoms. The maximum absolute atomic E-state index is 5.66. The maximum atomic E-state index is 5.66. The zero-order valence-corrected chi connectivity index (χ0v) is 12.8. The van der Waals surface area contributed by atoms with E-state index in [0.717, 1.165) is 22.4 Å². The lowest BCUT2D eigenvalue weighted by Gasteiger charge is -2.09. The molecule has 0 unspecified atom stereocenters. The SMILES string of the molecule is NCCc1cccc(OCCOc2ccc(Br)cc2)c1. The number of rotatable bonds is 7. The zero-order valence-electron chi connectivity index (χ0n) is 11.2. The molecule has 0 aliphatic rings. The molecule has 0 aromatic heterocycles. The molecule has 2 aromatic rings. The van der Waals surface area contributed by atoms with Crippen molar-refractivity contribution in [3.8, 4) is 11.5 Å². The minimum Gasteiger partial charge on any atom is -0.490 e. The van der Waals surface area contributed by atoms with Crippen LogP contribution in [0.1, 0.15) is 5.56 Å². The largest absolute Gasteiger partial charge is 0.490 e. The van der Waals surface area contributed by atoms with Crippen LogP contribution in [0.15, 0.2) is 53.0 Å². The van der Waals surface area contributed by atoms with E-state index in [1.54, 1.807) is 0 Å². The van der Waals surface area contributed by atoms with Crippen LogP contribution in [0, 0.1) is 0 Å². The lowest BCUT2D eigenvalue weighted by atomic mass is 10.1. The fourth-order valence-corrected chi connectivity index (χ4v) is 2.07. The summed E-state index contributed by atoms with van der Waals surface area (Å²) in [6, 6.07) is 15.7. The molecule has 0 heterocycles. The van der Waals surface area contributed by atoms with Crippen molar-refractivity contribution in [2.45, 2.75) is 6.42 Å². The van der Waals surface area contributed by atoms with Crippen LogP contribution in [0.2, 0.25) is 0 Å². The van der Waals surface area contributed by atoms with Crippen molar-refractivity contribution in [1.82, 2.24) is 0 Å². The summed E-state index contributed by atoms with van der Waals surface area (Å²) in [4.78, 5) is 0. The quantitative estimate of drug-likeness (QED) is 0.788. The molecule has 0 amide bonds. The van der Waals surface area contributed by atoms with Crippen molar-refractivity contribution in [3.63, 3.8) is 0 Å². The zero-order chi connectivity index (χ0) is 14.2. The monoisotopic (exact) mass is 335 g/mol. The van der Waals surface area contributed by atoms with Gasteiger partial charge in [0.2, 0.25) is 0 Å². The standard InChI is InChI=1S/C16H18BrNO2/c17-14-4-6-15(7-5-14)19-10-11-20-16-3-1-2-13(12-16)8-9-18/h1-7,12H,8-11,18H2. The minimum absolute atomic E-state index is 0.516. The topological polar surface area (TPSA) is 44.5 Å². The first-order valence-corrected chi connectivity index (χ1v) is 7.37. The molecule has 2 aromatic carbocycles. The Bertz CT molecular complexity index is 528. The first-order valence-electron chi connectivity index (χ1n) is 6.58. The molecule has 0 fully saturated rings. The van der Waals surface area contributed by atoms with Gasteiger partial charge in [-0.15, -0.1) is 0 Å². The van der Waals surface area contributed by atoms with Crippen molar-refractivity contribution < 1.29 is 9.47 Å². The third-order valence-corrected chi connectivity index (χ3v) is 3.29. The smallest absolute Gasteiger partial charge is 0.122 e. The van der Waals surface area contributed by atoms with Crippen molar-refractivity contribution >= 4 is 15.9 Å². The van der Waals surface area contributed by atoms with Gasteiger partial charge in [0.05, 0.1) is 0 Å². The van der Waals surface area contributed by atoms with Gasteiger partial charge in [-0.2, -0.15) is 0 Å². The van der Waals surface area contributed by atoms with E-state index in [9.17, 15) is 0 Å². The Morgan fingerprint density at radius 3 is 2.30 bits per heavy atom. The summed E-state index contributed by atoms with van der Waals surface area (Å²) in [5, 5.41) is 0. The van der Waals surface area contributed by atoms with Crippen LogP contribution in [-0.2, 0) is 6.42 Å². The summed E-state index contributed by atoms with van der Waals surface area (Å²) in [6.07, 6.45) is 0.868. The average molecular weight is 336 g/mol. The molecule has 106 valence electrons. The van der Waals surface area contributed by atoms with Crippen LogP contribution in [0.4, 0.5) is 0 Å². The van der Waals surface area contributed by atoms with Crippen LogP contribution in [0.3, 0.4) is 0 Å². The van der Waals surface area contributed by atoms with E-state index in [-0.39, 0.29) is 0 Å². The van der Waals surface area contributed by atoms with Gasteiger partial charge in [0.15, 0.2) is 0 Å². The highest BCUT2D eigenvalue weighted by molar-refractivity contribution is 9.10. The molecule has 20 heavy (non-hydrogen) atoms. The predicted octanol–water partition coefficient (Wildman–Crippen LogP) is 3.41. The van der Waals surface area contributed by atoms with Crippen LogP contribution in [0.25, 0.3) is 0 Å². The summed E-state index contributed by atoms with van der Waals surface area (Å²) < 4.78 is 12.3. The molecule has 0 aliphatic heterocycles. The van der Waals surface area contributed by atoms with Gasteiger partial charge < -0.3 is 15.2 Å². The number of halogens is 1. The van der Waals surface area contributed by atoms with Gasteiger partial charge in [0, 0.05) is 4.47 Å². The summed E-state index contributed by atoms with van der Waals surface area (Å²) in [5.74, 6) is 1.70. The van der Waals surface area contributed by atoms with Gasteiger partial charge in [-0.1, -0.05) is 28.1 Å². The number of ether oxygens (including phenoxy) is 2. The molecule has 0 radical (unpaired) electrons. The Morgan fingerprint density at radius 2 is 1.60 bits per heavy atom. The van der Waals surface area contributed by atoms with Crippen molar-refractivity contribution in [3.05, 3.63) is 58.6 Å². The summed E-state index contributed by atoms with van der Waals surface area (Å²) in [7, 11) is 0. The third-order valence-electron chi connectivity index (χ3n) is 2.77. The number of hydrogen-bond donors (Lipinski definition) is 1. The molecule has 0 saturated heterocycles. The molecule has 0 spiro atoms. The van der Waals surface area contributed by atoms with Gasteiger partial charge in [-0.05, 0) is 54.9 Å². The lowest BCUT2D eigenvalue weighted by Crippen LogP contribution is -2.09. The van der Waals surface area contributed by atoms with E-state index < -0.39 is 0 Å². The van der Waals surface area contributed by atoms with Gasteiger partial charge in [-0.3, -0.25) is 0 Å². The molecular formula is C16H18BrNO2.